The summed E-state index contributed by atoms with van der Waals surface area (Å²) < 4.78 is 11.8. The average Bonchev–Trinajstić information content (AvgIpc) is 3.17. The number of nitrogen functional groups attached to an aromatic ring is 1. The van der Waals surface area contributed by atoms with Gasteiger partial charge in [-0.05, 0) is 31.0 Å². The summed E-state index contributed by atoms with van der Waals surface area (Å²) in [5.74, 6) is 5.73. The molecule has 1 aliphatic carbocycles. The second-order valence-electron chi connectivity index (χ2n) is 6.98. The van der Waals surface area contributed by atoms with E-state index in [4.69, 9.17) is 15.0 Å². The first-order chi connectivity index (χ1) is 13.6. The molecule has 3 aromatic rings. The van der Waals surface area contributed by atoms with Gasteiger partial charge in [-0.2, -0.15) is 4.98 Å². The van der Waals surface area contributed by atoms with Gasteiger partial charge in [0.25, 0.3) is 11.9 Å². The number of anilines is 1. The highest BCUT2D eigenvalue weighted by atomic mass is 16.5. The Labute approximate surface area is 162 Å². The van der Waals surface area contributed by atoms with Gasteiger partial charge < -0.3 is 14.1 Å². The number of ether oxygens (including phenoxy) is 1. The van der Waals surface area contributed by atoms with Crippen LogP contribution in [0.15, 0.2) is 40.9 Å². The molecule has 1 fully saturated rings. The van der Waals surface area contributed by atoms with Crippen LogP contribution in [0.4, 0.5) is 6.01 Å². The maximum Gasteiger partial charge on any atom is 0.298 e. The lowest BCUT2D eigenvalue weighted by molar-refractivity contribution is 0.0948. The molecular formula is C20H23N5O3. The molecule has 2 heterocycles. The summed E-state index contributed by atoms with van der Waals surface area (Å²) in [6.45, 7) is 0. The Balaban J connectivity index is 1.54. The first-order valence-corrected chi connectivity index (χ1v) is 9.42. The van der Waals surface area contributed by atoms with Crippen LogP contribution in [-0.4, -0.2) is 29.0 Å². The minimum atomic E-state index is -0.480. The van der Waals surface area contributed by atoms with Crippen molar-refractivity contribution >= 4 is 23.0 Å². The van der Waals surface area contributed by atoms with Crippen LogP contribution in [0.1, 0.15) is 42.6 Å². The number of pyridine rings is 1. The lowest BCUT2D eigenvalue weighted by Crippen LogP contribution is -2.33. The van der Waals surface area contributed by atoms with E-state index in [2.05, 4.69) is 20.3 Å². The van der Waals surface area contributed by atoms with Crippen LogP contribution in [0.3, 0.4) is 0 Å². The number of nitrogens with zero attached hydrogens (tertiary/aromatic N) is 3. The zero-order valence-electron chi connectivity index (χ0n) is 15.7. The molecule has 0 spiro atoms. The van der Waals surface area contributed by atoms with Gasteiger partial charge in [0, 0.05) is 31.4 Å². The predicted molar refractivity (Wildman–Crippen MR) is 105 cm³/mol. The van der Waals surface area contributed by atoms with Crippen LogP contribution in [0.25, 0.3) is 11.1 Å². The second kappa shape index (κ2) is 7.85. The van der Waals surface area contributed by atoms with Gasteiger partial charge in [0.1, 0.15) is 22.7 Å². The summed E-state index contributed by atoms with van der Waals surface area (Å²) in [5, 5.41) is 0. The Kier molecular flexibility index (Phi) is 5.12. The Bertz CT molecular complexity index is 981. The lowest BCUT2D eigenvalue weighted by atomic mass is 9.95. The second-order valence-corrected chi connectivity index (χ2v) is 6.98. The van der Waals surface area contributed by atoms with Crippen LogP contribution in [0, 0.1) is 0 Å². The van der Waals surface area contributed by atoms with E-state index in [1.807, 2.05) is 19.2 Å². The average molecular weight is 381 g/mol. The third-order valence-corrected chi connectivity index (χ3v) is 5.10. The van der Waals surface area contributed by atoms with Gasteiger partial charge in [-0.25, -0.2) is 5.84 Å². The first-order valence-electron chi connectivity index (χ1n) is 9.42. The molecular weight excluding hydrogens is 358 g/mol. The van der Waals surface area contributed by atoms with Crippen LogP contribution in [0.2, 0.25) is 0 Å². The fourth-order valence-electron chi connectivity index (χ4n) is 3.54. The van der Waals surface area contributed by atoms with Crippen molar-refractivity contribution in [1.82, 2.24) is 15.4 Å². The summed E-state index contributed by atoms with van der Waals surface area (Å²) in [6.07, 6.45) is 7.65. The zero-order chi connectivity index (χ0) is 19.5. The quantitative estimate of drug-likeness (QED) is 0.396. The van der Waals surface area contributed by atoms with Crippen molar-refractivity contribution in [2.24, 2.45) is 5.84 Å². The fourth-order valence-corrected chi connectivity index (χ4v) is 3.54. The largest absolute Gasteiger partial charge is 0.457 e. The van der Waals surface area contributed by atoms with Crippen molar-refractivity contribution in [3.63, 3.8) is 0 Å². The van der Waals surface area contributed by atoms with Crippen LogP contribution in [-0.2, 0) is 0 Å². The van der Waals surface area contributed by atoms with Gasteiger partial charge in [-0.3, -0.25) is 15.2 Å². The van der Waals surface area contributed by atoms with Gasteiger partial charge >= 0.3 is 0 Å². The number of carbonyl (C=O) groups excluding carboxylic acids is 1. The standard InChI is InChI=1S/C20H23N5O3/c1-25(13-5-3-2-4-6-13)20-23-16-8-7-14(12-18(16)28-20)27-15-9-10-22-17(11-15)19(26)24-21/h7-13H,2-6,21H2,1H3,(H,24,26). The molecule has 8 nitrogen and oxygen atoms in total. The monoisotopic (exact) mass is 381 g/mol. The molecule has 0 radical (unpaired) electrons. The Morgan fingerprint density at radius 3 is 2.79 bits per heavy atom. The molecule has 4 rings (SSSR count). The number of amides is 1. The van der Waals surface area contributed by atoms with Gasteiger partial charge in [-0.1, -0.05) is 19.3 Å². The number of hydrogen-bond donors (Lipinski definition) is 2. The number of hydrogen-bond acceptors (Lipinski definition) is 7. The number of benzene rings is 1. The zero-order valence-corrected chi connectivity index (χ0v) is 15.7. The van der Waals surface area contributed by atoms with Crippen molar-refractivity contribution < 1.29 is 13.9 Å². The van der Waals surface area contributed by atoms with E-state index in [1.54, 1.807) is 12.1 Å². The molecule has 1 aliphatic rings. The fraction of sp³-hybridized carbons (Fsp3) is 0.350. The lowest BCUT2D eigenvalue weighted by Gasteiger charge is -2.29. The number of oxazole rings is 1. The van der Waals surface area contributed by atoms with E-state index in [9.17, 15) is 4.79 Å². The van der Waals surface area contributed by atoms with Gasteiger partial charge in [0.05, 0.1) is 0 Å². The first kappa shape index (κ1) is 18.2. The highest BCUT2D eigenvalue weighted by molar-refractivity contribution is 5.92. The topological polar surface area (TPSA) is 107 Å². The molecule has 0 atom stereocenters. The Morgan fingerprint density at radius 1 is 1.21 bits per heavy atom. The summed E-state index contributed by atoms with van der Waals surface area (Å²) >= 11 is 0. The van der Waals surface area contributed by atoms with E-state index >= 15 is 0 Å². The van der Waals surface area contributed by atoms with Gasteiger partial charge in [0.2, 0.25) is 0 Å². The molecule has 0 aliphatic heterocycles. The summed E-state index contributed by atoms with van der Waals surface area (Å²) in [7, 11) is 2.04. The third-order valence-electron chi connectivity index (χ3n) is 5.10. The Hall–Kier alpha value is -3.13. The van der Waals surface area contributed by atoms with Crippen molar-refractivity contribution in [1.29, 1.82) is 0 Å². The summed E-state index contributed by atoms with van der Waals surface area (Å²) in [5.41, 5.74) is 3.67. The van der Waals surface area contributed by atoms with Crippen LogP contribution in [0.5, 0.6) is 11.5 Å². The number of rotatable bonds is 5. The maximum atomic E-state index is 11.6. The molecule has 1 aromatic carbocycles. The molecule has 3 N–H and O–H groups in total. The van der Waals surface area contributed by atoms with Crippen molar-refractivity contribution in [2.75, 3.05) is 11.9 Å². The van der Waals surface area contributed by atoms with E-state index in [-0.39, 0.29) is 5.69 Å². The van der Waals surface area contributed by atoms with Gasteiger partial charge in [0.15, 0.2) is 5.58 Å². The SMILES string of the molecule is CN(c1nc2ccc(Oc3ccnc(C(=O)NN)c3)cc2o1)C1CCCCC1. The molecule has 1 saturated carbocycles. The normalized spacial score (nSPS) is 14.8. The number of hydrazine groups is 1. The number of aromatic nitrogens is 2. The Morgan fingerprint density at radius 2 is 2.00 bits per heavy atom. The van der Waals surface area contributed by atoms with Crippen molar-refractivity contribution in [3.8, 4) is 11.5 Å². The number of nitrogens with two attached hydrogens (primary N) is 1. The van der Waals surface area contributed by atoms with E-state index in [0.29, 0.717) is 29.1 Å². The highest BCUT2D eigenvalue weighted by Gasteiger charge is 2.22. The molecule has 8 heteroatoms. The molecule has 28 heavy (non-hydrogen) atoms. The van der Waals surface area contributed by atoms with Crippen LogP contribution >= 0.6 is 0 Å². The summed E-state index contributed by atoms with van der Waals surface area (Å²) in [6, 6.07) is 9.77. The molecule has 1 amide bonds. The van der Waals surface area contributed by atoms with E-state index < -0.39 is 5.91 Å². The predicted octanol–water partition coefficient (Wildman–Crippen LogP) is 3.39. The molecule has 2 aromatic heterocycles. The van der Waals surface area contributed by atoms with Crippen molar-refractivity contribution in [2.45, 2.75) is 38.1 Å². The minimum Gasteiger partial charge on any atom is -0.457 e. The number of carbonyl (C=O) groups is 1. The number of nitrogens with one attached hydrogen (secondary N) is 1. The smallest absolute Gasteiger partial charge is 0.298 e. The summed E-state index contributed by atoms with van der Waals surface area (Å²) in [4.78, 5) is 22.3. The number of fused-ring (bicyclic) bond motifs is 1. The third kappa shape index (κ3) is 3.77. The maximum absolute atomic E-state index is 11.6. The van der Waals surface area contributed by atoms with E-state index in [1.165, 1.54) is 44.4 Å². The molecule has 146 valence electrons. The van der Waals surface area contributed by atoms with Crippen LogP contribution < -0.4 is 20.9 Å². The molecule has 0 saturated heterocycles. The van der Waals surface area contributed by atoms with Gasteiger partial charge in [-0.15, -0.1) is 0 Å². The van der Waals surface area contributed by atoms with Crippen molar-refractivity contribution in [3.05, 3.63) is 42.2 Å². The minimum absolute atomic E-state index is 0.178. The molecule has 0 bridgehead atoms. The molecule has 0 unspecified atom stereocenters. The highest BCUT2D eigenvalue weighted by Crippen LogP contribution is 2.31. The van der Waals surface area contributed by atoms with E-state index in [0.717, 1.165) is 5.52 Å².